The van der Waals surface area contributed by atoms with Gasteiger partial charge < -0.3 is 9.84 Å². The summed E-state index contributed by atoms with van der Waals surface area (Å²) in [4.78, 5) is 12.5. The van der Waals surface area contributed by atoms with Crippen LogP contribution in [0.25, 0.3) is 0 Å². The van der Waals surface area contributed by atoms with Gasteiger partial charge in [-0.25, -0.2) is 4.79 Å². The lowest BCUT2D eigenvalue weighted by Crippen LogP contribution is -2.41. The minimum absolute atomic E-state index is 0.208. The summed E-state index contributed by atoms with van der Waals surface area (Å²) in [5.41, 5.74) is 0. The molecule has 0 saturated carbocycles. The van der Waals surface area contributed by atoms with Crippen LogP contribution in [0.2, 0.25) is 0 Å². The lowest BCUT2D eigenvalue weighted by atomic mass is 10.1. The second-order valence-corrected chi connectivity index (χ2v) is 2.81. The quantitative estimate of drug-likeness (QED) is 0.647. The molecule has 13 heavy (non-hydrogen) atoms. The predicted octanol–water partition coefficient (Wildman–Crippen LogP) is 0.540. The first-order valence-corrected chi connectivity index (χ1v) is 4.05. The Hall–Kier alpha value is -1.29. The number of carbonyl (C=O) groups excluding carboxylic acids is 1. The highest BCUT2D eigenvalue weighted by atomic mass is 16.6. The van der Waals surface area contributed by atoms with E-state index in [1.54, 1.807) is 6.08 Å². The van der Waals surface area contributed by atoms with Crippen LogP contribution >= 0.6 is 0 Å². The maximum absolute atomic E-state index is 11.1. The van der Waals surface area contributed by atoms with E-state index in [4.69, 9.17) is 4.74 Å². The third kappa shape index (κ3) is 1.89. The molecule has 2 atom stereocenters. The highest BCUT2D eigenvalue weighted by Gasteiger charge is 2.35. The number of hydrogen-bond acceptors (Lipinski definition) is 3. The molecule has 1 amide bonds. The Balaban J connectivity index is 2.68. The van der Waals surface area contributed by atoms with E-state index < -0.39 is 12.2 Å². The van der Waals surface area contributed by atoms with Crippen LogP contribution in [0.4, 0.5) is 4.79 Å². The van der Waals surface area contributed by atoms with E-state index in [2.05, 4.69) is 13.2 Å². The van der Waals surface area contributed by atoms with Crippen LogP contribution in [-0.4, -0.2) is 41.4 Å². The Morgan fingerprint density at radius 3 is 3.00 bits per heavy atom. The van der Waals surface area contributed by atoms with Gasteiger partial charge in [0.15, 0.2) is 0 Å². The zero-order chi connectivity index (χ0) is 9.84. The summed E-state index contributed by atoms with van der Waals surface area (Å²) < 4.78 is 4.79. The van der Waals surface area contributed by atoms with Crippen molar-refractivity contribution in [2.75, 3.05) is 13.2 Å². The Morgan fingerprint density at radius 1 is 1.77 bits per heavy atom. The smallest absolute Gasteiger partial charge is 0.410 e. The summed E-state index contributed by atoms with van der Waals surface area (Å²) in [7, 11) is 0. The van der Waals surface area contributed by atoms with Gasteiger partial charge in [-0.05, 0) is 0 Å². The van der Waals surface area contributed by atoms with Crippen molar-refractivity contribution >= 4 is 6.09 Å². The van der Waals surface area contributed by atoms with Crippen molar-refractivity contribution in [2.45, 2.75) is 12.1 Å². The number of nitrogens with zero attached hydrogens (tertiary/aromatic N) is 1. The summed E-state index contributed by atoms with van der Waals surface area (Å²) in [6, 6.07) is -0.331. The molecule has 1 rings (SSSR count). The molecule has 4 nitrogen and oxygen atoms in total. The average Bonchev–Trinajstić information content (AvgIpc) is 2.48. The van der Waals surface area contributed by atoms with Crippen molar-refractivity contribution < 1.29 is 14.6 Å². The predicted molar refractivity (Wildman–Crippen MR) is 48.2 cm³/mol. The number of amides is 1. The summed E-state index contributed by atoms with van der Waals surface area (Å²) in [6.07, 6.45) is 1.83. The Morgan fingerprint density at radius 2 is 2.46 bits per heavy atom. The van der Waals surface area contributed by atoms with Gasteiger partial charge in [-0.15, -0.1) is 13.2 Å². The van der Waals surface area contributed by atoms with Crippen molar-refractivity contribution in [1.29, 1.82) is 0 Å². The molecule has 0 radical (unpaired) electrons. The second-order valence-electron chi connectivity index (χ2n) is 2.81. The van der Waals surface area contributed by atoms with Crippen molar-refractivity contribution in [2.24, 2.45) is 0 Å². The zero-order valence-corrected chi connectivity index (χ0v) is 7.35. The summed E-state index contributed by atoms with van der Waals surface area (Å²) in [5.74, 6) is 0. The van der Waals surface area contributed by atoms with Crippen LogP contribution in [0.1, 0.15) is 0 Å². The minimum atomic E-state index is -0.744. The molecule has 1 aliphatic rings. The molecular formula is C9H13NO3. The van der Waals surface area contributed by atoms with E-state index in [0.29, 0.717) is 6.54 Å². The van der Waals surface area contributed by atoms with Crippen LogP contribution in [0, 0.1) is 0 Å². The molecule has 0 aromatic heterocycles. The highest BCUT2D eigenvalue weighted by Crippen LogP contribution is 2.15. The molecule has 1 saturated heterocycles. The minimum Gasteiger partial charge on any atom is -0.447 e. The van der Waals surface area contributed by atoms with E-state index in [-0.39, 0.29) is 12.6 Å². The maximum atomic E-state index is 11.1. The third-order valence-electron chi connectivity index (χ3n) is 1.97. The number of hydrogen-bond donors (Lipinski definition) is 1. The fourth-order valence-corrected chi connectivity index (χ4v) is 1.25. The van der Waals surface area contributed by atoms with Crippen LogP contribution in [0.3, 0.4) is 0 Å². The summed E-state index contributed by atoms with van der Waals surface area (Å²) in [5, 5.41) is 9.45. The lowest BCUT2D eigenvalue weighted by Gasteiger charge is -2.22. The van der Waals surface area contributed by atoms with Crippen molar-refractivity contribution in [3.05, 3.63) is 25.3 Å². The molecule has 0 aromatic rings. The Kier molecular flexibility index (Phi) is 3.08. The van der Waals surface area contributed by atoms with Crippen LogP contribution < -0.4 is 0 Å². The molecule has 0 aliphatic carbocycles. The fourth-order valence-electron chi connectivity index (χ4n) is 1.25. The number of cyclic esters (lactones) is 1. The van der Waals surface area contributed by atoms with E-state index in [1.165, 1.54) is 11.0 Å². The molecule has 0 unspecified atom stereocenters. The lowest BCUT2D eigenvalue weighted by molar-refractivity contribution is 0.127. The van der Waals surface area contributed by atoms with Gasteiger partial charge >= 0.3 is 6.09 Å². The van der Waals surface area contributed by atoms with Crippen molar-refractivity contribution in [3.8, 4) is 0 Å². The highest BCUT2D eigenvalue weighted by molar-refractivity contribution is 5.70. The zero-order valence-electron chi connectivity index (χ0n) is 7.35. The molecular weight excluding hydrogens is 170 g/mol. The van der Waals surface area contributed by atoms with Gasteiger partial charge in [0.1, 0.15) is 6.61 Å². The molecule has 0 spiro atoms. The first-order valence-electron chi connectivity index (χ1n) is 4.05. The van der Waals surface area contributed by atoms with Gasteiger partial charge in [0, 0.05) is 6.54 Å². The standard InChI is InChI=1S/C9H13NO3/c1-3-5-10-7(8(11)4-2)6-13-9(10)12/h3-4,7-8,11H,1-2,5-6H2/t7-,8-/m0/s1. The number of rotatable bonds is 4. The number of ether oxygens (including phenoxy) is 1. The molecule has 72 valence electrons. The SMILES string of the molecule is C=CCN1C(=O)OC[C@H]1[C@@H](O)C=C. The summed E-state index contributed by atoms with van der Waals surface area (Å²) >= 11 is 0. The largest absolute Gasteiger partial charge is 0.447 e. The number of aliphatic hydroxyl groups excluding tert-OH is 1. The molecule has 1 N–H and O–H groups in total. The Bertz CT molecular complexity index is 227. The van der Waals surface area contributed by atoms with Crippen LogP contribution in [0.5, 0.6) is 0 Å². The van der Waals surface area contributed by atoms with Crippen molar-refractivity contribution in [3.63, 3.8) is 0 Å². The second kappa shape index (κ2) is 4.09. The maximum Gasteiger partial charge on any atom is 0.410 e. The molecule has 4 heteroatoms. The van der Waals surface area contributed by atoms with Gasteiger partial charge in [0.25, 0.3) is 0 Å². The molecule has 1 aliphatic heterocycles. The van der Waals surface area contributed by atoms with E-state index in [0.717, 1.165) is 0 Å². The molecule has 0 aromatic carbocycles. The van der Waals surface area contributed by atoms with Crippen molar-refractivity contribution in [1.82, 2.24) is 4.90 Å². The van der Waals surface area contributed by atoms with E-state index in [9.17, 15) is 9.90 Å². The number of carbonyl (C=O) groups is 1. The molecule has 0 bridgehead atoms. The molecule has 1 heterocycles. The third-order valence-corrected chi connectivity index (χ3v) is 1.97. The van der Waals surface area contributed by atoms with Crippen LogP contribution in [-0.2, 0) is 4.74 Å². The van der Waals surface area contributed by atoms with Gasteiger partial charge in [-0.1, -0.05) is 12.2 Å². The molecule has 1 fully saturated rings. The first kappa shape index (κ1) is 9.80. The Labute approximate surface area is 77.1 Å². The fraction of sp³-hybridized carbons (Fsp3) is 0.444. The van der Waals surface area contributed by atoms with Gasteiger partial charge in [0.2, 0.25) is 0 Å². The summed E-state index contributed by atoms with van der Waals surface area (Å²) in [6.45, 7) is 7.57. The number of aliphatic hydroxyl groups is 1. The average molecular weight is 183 g/mol. The normalized spacial score (nSPS) is 23.9. The van der Waals surface area contributed by atoms with Crippen LogP contribution in [0.15, 0.2) is 25.3 Å². The topological polar surface area (TPSA) is 49.8 Å². The van der Waals surface area contributed by atoms with Gasteiger partial charge in [-0.3, -0.25) is 4.90 Å². The first-order chi connectivity index (χ1) is 6.20. The van der Waals surface area contributed by atoms with E-state index >= 15 is 0 Å². The monoisotopic (exact) mass is 183 g/mol. The van der Waals surface area contributed by atoms with Gasteiger partial charge in [-0.2, -0.15) is 0 Å². The van der Waals surface area contributed by atoms with E-state index in [1.807, 2.05) is 0 Å². The van der Waals surface area contributed by atoms with Gasteiger partial charge in [0.05, 0.1) is 12.1 Å².